The van der Waals surface area contributed by atoms with Crippen molar-refractivity contribution in [2.75, 3.05) is 6.54 Å². The summed E-state index contributed by atoms with van der Waals surface area (Å²) in [7, 11) is 0. The van der Waals surface area contributed by atoms with Gasteiger partial charge >= 0.3 is 6.18 Å². The average molecular weight is 277 g/mol. The van der Waals surface area contributed by atoms with Gasteiger partial charge in [0.15, 0.2) is 5.82 Å². The molecule has 1 aliphatic rings. The molecular formula is C12H18F3N3O. The van der Waals surface area contributed by atoms with E-state index in [-0.39, 0.29) is 18.9 Å². The highest BCUT2D eigenvalue weighted by molar-refractivity contribution is 4.86. The van der Waals surface area contributed by atoms with E-state index in [0.29, 0.717) is 31.1 Å². The fraction of sp³-hybridized carbons (Fsp3) is 0.833. The largest absolute Gasteiger partial charge is 0.391 e. The van der Waals surface area contributed by atoms with Crippen molar-refractivity contribution in [1.82, 2.24) is 15.5 Å². The molecule has 0 spiro atoms. The highest BCUT2D eigenvalue weighted by atomic mass is 19.4. The molecule has 0 amide bonds. The molecule has 0 bridgehead atoms. The first kappa shape index (κ1) is 14.3. The van der Waals surface area contributed by atoms with Gasteiger partial charge in [-0.15, -0.1) is 0 Å². The quantitative estimate of drug-likeness (QED) is 0.919. The number of nitrogens with zero attached hydrogens (tertiary/aromatic N) is 2. The third-order valence-electron chi connectivity index (χ3n) is 3.49. The summed E-state index contributed by atoms with van der Waals surface area (Å²) in [6.45, 7) is 2.28. The minimum atomic E-state index is -4.06. The summed E-state index contributed by atoms with van der Waals surface area (Å²) >= 11 is 0. The van der Waals surface area contributed by atoms with Gasteiger partial charge in [-0.2, -0.15) is 18.2 Å². The average Bonchev–Trinajstić information content (AvgIpc) is 2.74. The predicted molar refractivity (Wildman–Crippen MR) is 62.5 cm³/mol. The van der Waals surface area contributed by atoms with E-state index in [2.05, 4.69) is 15.5 Å². The second-order valence-electron chi connectivity index (χ2n) is 5.04. The summed E-state index contributed by atoms with van der Waals surface area (Å²) in [6.07, 6.45) is -1.63. The van der Waals surface area contributed by atoms with Gasteiger partial charge in [-0.25, -0.2) is 0 Å². The number of aromatic nitrogens is 2. The van der Waals surface area contributed by atoms with Crippen molar-refractivity contribution in [3.63, 3.8) is 0 Å². The molecule has 1 N–H and O–H groups in total. The van der Waals surface area contributed by atoms with Crippen LogP contribution in [-0.4, -0.2) is 28.9 Å². The molecule has 2 unspecified atom stereocenters. The van der Waals surface area contributed by atoms with Crippen LogP contribution in [0.25, 0.3) is 0 Å². The second-order valence-corrected chi connectivity index (χ2v) is 5.04. The van der Waals surface area contributed by atoms with Gasteiger partial charge in [0.05, 0.1) is 5.92 Å². The number of rotatable bonds is 4. The molecule has 1 heterocycles. The van der Waals surface area contributed by atoms with Crippen molar-refractivity contribution in [3.8, 4) is 0 Å². The number of hydrogen-bond donors (Lipinski definition) is 1. The number of alkyl halides is 3. The Morgan fingerprint density at radius 1 is 1.37 bits per heavy atom. The van der Waals surface area contributed by atoms with Crippen LogP contribution in [0.3, 0.4) is 0 Å². The summed E-state index contributed by atoms with van der Waals surface area (Å²) in [5.74, 6) is -0.0656. The van der Waals surface area contributed by atoms with Gasteiger partial charge in [-0.05, 0) is 19.3 Å². The normalized spacial score (nSPS) is 24.6. The minimum Gasteiger partial charge on any atom is -0.340 e. The van der Waals surface area contributed by atoms with Crippen molar-refractivity contribution in [1.29, 1.82) is 0 Å². The van der Waals surface area contributed by atoms with Crippen molar-refractivity contribution >= 4 is 0 Å². The highest BCUT2D eigenvalue weighted by Crippen LogP contribution is 2.37. The summed E-state index contributed by atoms with van der Waals surface area (Å²) in [6, 6.07) is -0.0617. The topological polar surface area (TPSA) is 51.0 Å². The first-order chi connectivity index (χ1) is 8.95. The Kier molecular flexibility index (Phi) is 4.44. The lowest BCUT2D eigenvalue weighted by Gasteiger charge is -2.31. The fourth-order valence-corrected chi connectivity index (χ4v) is 2.50. The van der Waals surface area contributed by atoms with Crippen LogP contribution >= 0.6 is 0 Å². The maximum absolute atomic E-state index is 12.6. The summed E-state index contributed by atoms with van der Waals surface area (Å²) in [4.78, 5) is 4.05. The van der Waals surface area contributed by atoms with Gasteiger partial charge in [0.25, 0.3) is 0 Å². The predicted octanol–water partition coefficient (Wildman–Crippen LogP) is 2.63. The lowest BCUT2D eigenvalue weighted by molar-refractivity contribution is -0.183. The van der Waals surface area contributed by atoms with E-state index in [9.17, 15) is 13.2 Å². The van der Waals surface area contributed by atoms with Crippen LogP contribution in [-0.2, 0) is 6.42 Å². The zero-order valence-corrected chi connectivity index (χ0v) is 10.8. The zero-order valence-electron chi connectivity index (χ0n) is 10.8. The molecule has 2 rings (SSSR count). The molecule has 7 heteroatoms. The first-order valence-corrected chi connectivity index (χ1v) is 6.54. The van der Waals surface area contributed by atoms with E-state index in [4.69, 9.17) is 4.52 Å². The standard InChI is InChI=1S/C12H18F3N3O/c1-8-17-11(18-19-8)5-6-16-10-4-2-3-9(7-10)12(13,14)15/h9-10,16H,2-7H2,1H3. The van der Waals surface area contributed by atoms with Crippen LogP contribution in [0.5, 0.6) is 0 Å². The maximum atomic E-state index is 12.6. The van der Waals surface area contributed by atoms with E-state index in [1.165, 1.54) is 0 Å². The molecule has 2 atom stereocenters. The molecule has 0 aromatic carbocycles. The maximum Gasteiger partial charge on any atom is 0.391 e. The summed E-state index contributed by atoms with van der Waals surface area (Å²) < 4.78 is 42.8. The number of hydrogen-bond acceptors (Lipinski definition) is 4. The van der Waals surface area contributed by atoms with E-state index in [0.717, 1.165) is 6.42 Å². The molecule has 1 saturated carbocycles. The Hall–Kier alpha value is -1.11. The molecule has 1 aromatic rings. The molecule has 1 aliphatic carbocycles. The fourth-order valence-electron chi connectivity index (χ4n) is 2.50. The van der Waals surface area contributed by atoms with Gasteiger partial charge in [0.2, 0.25) is 5.89 Å². The number of halogens is 3. The second kappa shape index (κ2) is 5.90. The van der Waals surface area contributed by atoms with Crippen LogP contribution in [0.1, 0.15) is 37.4 Å². The summed E-state index contributed by atoms with van der Waals surface area (Å²) in [5.41, 5.74) is 0. The molecule has 0 radical (unpaired) electrons. The van der Waals surface area contributed by atoms with E-state index < -0.39 is 12.1 Å². The Labute approximate surface area is 109 Å². The molecule has 1 aromatic heterocycles. The van der Waals surface area contributed by atoms with E-state index >= 15 is 0 Å². The Morgan fingerprint density at radius 3 is 2.79 bits per heavy atom. The van der Waals surface area contributed by atoms with Crippen molar-refractivity contribution in [2.45, 2.75) is 51.2 Å². The SMILES string of the molecule is Cc1nc(CCNC2CCCC(C(F)(F)F)C2)no1. The Morgan fingerprint density at radius 2 is 2.16 bits per heavy atom. The zero-order chi connectivity index (χ0) is 13.9. The van der Waals surface area contributed by atoms with Gasteiger partial charge in [0, 0.05) is 25.9 Å². The lowest BCUT2D eigenvalue weighted by Crippen LogP contribution is -2.39. The van der Waals surface area contributed by atoms with Gasteiger partial charge in [-0.1, -0.05) is 11.6 Å². The molecule has 108 valence electrons. The molecule has 1 fully saturated rings. The monoisotopic (exact) mass is 277 g/mol. The van der Waals surface area contributed by atoms with Gasteiger partial charge in [-0.3, -0.25) is 0 Å². The third-order valence-corrected chi connectivity index (χ3v) is 3.49. The Balaban J connectivity index is 1.74. The van der Waals surface area contributed by atoms with Crippen LogP contribution < -0.4 is 5.32 Å². The van der Waals surface area contributed by atoms with E-state index in [1.807, 2.05) is 0 Å². The van der Waals surface area contributed by atoms with Crippen molar-refractivity contribution in [2.24, 2.45) is 5.92 Å². The molecule has 0 saturated heterocycles. The van der Waals surface area contributed by atoms with Crippen LogP contribution in [0, 0.1) is 12.8 Å². The highest BCUT2D eigenvalue weighted by Gasteiger charge is 2.41. The van der Waals surface area contributed by atoms with Gasteiger partial charge < -0.3 is 9.84 Å². The number of aryl methyl sites for hydroxylation is 1. The van der Waals surface area contributed by atoms with E-state index in [1.54, 1.807) is 6.92 Å². The van der Waals surface area contributed by atoms with Crippen LogP contribution in [0.15, 0.2) is 4.52 Å². The summed E-state index contributed by atoms with van der Waals surface area (Å²) in [5, 5.41) is 6.91. The third kappa shape index (κ3) is 4.19. The Bertz CT molecular complexity index is 405. The molecular weight excluding hydrogens is 259 g/mol. The van der Waals surface area contributed by atoms with Crippen LogP contribution in [0.2, 0.25) is 0 Å². The lowest BCUT2D eigenvalue weighted by atomic mass is 9.85. The smallest absolute Gasteiger partial charge is 0.340 e. The van der Waals surface area contributed by atoms with Crippen molar-refractivity contribution in [3.05, 3.63) is 11.7 Å². The first-order valence-electron chi connectivity index (χ1n) is 6.54. The molecule has 19 heavy (non-hydrogen) atoms. The van der Waals surface area contributed by atoms with Crippen molar-refractivity contribution < 1.29 is 17.7 Å². The van der Waals surface area contributed by atoms with Crippen LogP contribution in [0.4, 0.5) is 13.2 Å². The van der Waals surface area contributed by atoms with Gasteiger partial charge in [0.1, 0.15) is 0 Å². The number of nitrogens with one attached hydrogen (secondary N) is 1. The minimum absolute atomic E-state index is 0.0617. The molecule has 4 nitrogen and oxygen atoms in total. The molecule has 0 aliphatic heterocycles.